The smallest absolute Gasteiger partial charge is 0.228 e. The molecule has 1 fully saturated rings. The van der Waals surface area contributed by atoms with Crippen LogP contribution in [0, 0.1) is 0 Å². The molecule has 0 spiro atoms. The van der Waals surface area contributed by atoms with Crippen LogP contribution >= 0.6 is 11.3 Å². The fourth-order valence-corrected chi connectivity index (χ4v) is 3.02. The molecule has 2 aromatic rings. The molecule has 4 nitrogen and oxygen atoms in total. The van der Waals surface area contributed by atoms with Crippen LogP contribution in [0.2, 0.25) is 0 Å². The van der Waals surface area contributed by atoms with Crippen molar-refractivity contribution in [3.63, 3.8) is 0 Å². The lowest BCUT2D eigenvalue weighted by Gasteiger charge is -2.09. The molecule has 0 radical (unpaired) electrons. The van der Waals surface area contributed by atoms with Gasteiger partial charge in [-0.15, -0.1) is 0 Å². The van der Waals surface area contributed by atoms with Gasteiger partial charge in [0.2, 0.25) is 5.91 Å². The predicted molar refractivity (Wildman–Crippen MR) is 67.8 cm³/mol. The maximum Gasteiger partial charge on any atom is 0.228 e. The first kappa shape index (κ1) is 10.5. The van der Waals surface area contributed by atoms with Gasteiger partial charge in [-0.05, 0) is 24.6 Å². The summed E-state index contributed by atoms with van der Waals surface area (Å²) in [5.41, 5.74) is 0.922. The minimum Gasteiger partial charge on any atom is -0.497 e. The van der Waals surface area contributed by atoms with Crippen molar-refractivity contribution < 1.29 is 9.53 Å². The largest absolute Gasteiger partial charge is 0.497 e. The fraction of sp³-hybridized carbons (Fsp3) is 0.333. The number of carbonyl (C=O) groups excluding carboxylic acids is 1. The first-order chi connectivity index (χ1) is 8.28. The van der Waals surface area contributed by atoms with Crippen molar-refractivity contribution in [2.45, 2.75) is 12.8 Å². The van der Waals surface area contributed by atoms with E-state index >= 15 is 0 Å². The van der Waals surface area contributed by atoms with Crippen LogP contribution < -0.4 is 9.64 Å². The Morgan fingerprint density at radius 1 is 1.47 bits per heavy atom. The molecule has 1 aromatic heterocycles. The Kier molecular flexibility index (Phi) is 2.48. The SMILES string of the molecule is COc1ccc2nc(N3CCCC3=O)sc2c1. The summed E-state index contributed by atoms with van der Waals surface area (Å²) in [6.45, 7) is 0.787. The quantitative estimate of drug-likeness (QED) is 0.819. The molecule has 0 saturated carbocycles. The van der Waals surface area contributed by atoms with E-state index in [4.69, 9.17) is 4.74 Å². The molecule has 0 aliphatic carbocycles. The van der Waals surface area contributed by atoms with Gasteiger partial charge in [0, 0.05) is 13.0 Å². The number of nitrogens with zero attached hydrogens (tertiary/aromatic N) is 2. The van der Waals surface area contributed by atoms with E-state index < -0.39 is 0 Å². The summed E-state index contributed by atoms with van der Waals surface area (Å²) in [6, 6.07) is 5.77. The number of carbonyl (C=O) groups is 1. The summed E-state index contributed by atoms with van der Waals surface area (Å²) in [5, 5.41) is 0.802. The highest BCUT2D eigenvalue weighted by Crippen LogP contribution is 2.33. The number of hydrogen-bond donors (Lipinski definition) is 0. The zero-order valence-electron chi connectivity index (χ0n) is 9.47. The summed E-state index contributed by atoms with van der Waals surface area (Å²) in [7, 11) is 1.65. The van der Waals surface area contributed by atoms with Crippen molar-refractivity contribution in [1.29, 1.82) is 0 Å². The number of amides is 1. The molecule has 3 rings (SSSR count). The number of ether oxygens (including phenoxy) is 1. The van der Waals surface area contributed by atoms with Gasteiger partial charge in [0.25, 0.3) is 0 Å². The van der Waals surface area contributed by atoms with E-state index in [1.807, 2.05) is 18.2 Å². The third-order valence-corrected chi connectivity index (χ3v) is 3.93. The molecule has 2 heterocycles. The Labute approximate surface area is 103 Å². The van der Waals surface area contributed by atoms with Crippen molar-refractivity contribution in [3.8, 4) is 5.75 Å². The summed E-state index contributed by atoms with van der Waals surface area (Å²) in [6.07, 6.45) is 1.57. The molecular formula is C12H12N2O2S. The highest BCUT2D eigenvalue weighted by atomic mass is 32.1. The average molecular weight is 248 g/mol. The van der Waals surface area contributed by atoms with Crippen LogP contribution in [0.3, 0.4) is 0 Å². The van der Waals surface area contributed by atoms with Crippen molar-refractivity contribution in [3.05, 3.63) is 18.2 Å². The van der Waals surface area contributed by atoms with Gasteiger partial charge in [0.05, 0.1) is 17.3 Å². The monoisotopic (exact) mass is 248 g/mol. The highest BCUT2D eigenvalue weighted by molar-refractivity contribution is 7.22. The van der Waals surface area contributed by atoms with Gasteiger partial charge in [-0.2, -0.15) is 0 Å². The zero-order chi connectivity index (χ0) is 11.8. The van der Waals surface area contributed by atoms with Crippen molar-refractivity contribution >= 4 is 32.6 Å². The maximum absolute atomic E-state index is 11.6. The lowest BCUT2D eigenvalue weighted by atomic mass is 10.3. The van der Waals surface area contributed by atoms with Crippen LogP contribution in [0.4, 0.5) is 5.13 Å². The van der Waals surface area contributed by atoms with E-state index in [-0.39, 0.29) is 5.91 Å². The zero-order valence-corrected chi connectivity index (χ0v) is 10.3. The second-order valence-corrected chi connectivity index (χ2v) is 4.99. The molecule has 0 atom stereocenters. The highest BCUT2D eigenvalue weighted by Gasteiger charge is 2.24. The molecule has 0 N–H and O–H groups in total. The van der Waals surface area contributed by atoms with E-state index in [0.717, 1.165) is 34.1 Å². The second-order valence-electron chi connectivity index (χ2n) is 3.98. The van der Waals surface area contributed by atoms with Crippen LogP contribution in [0.1, 0.15) is 12.8 Å². The molecule has 1 amide bonds. The normalized spacial score (nSPS) is 15.8. The van der Waals surface area contributed by atoms with E-state index in [1.54, 1.807) is 23.3 Å². The van der Waals surface area contributed by atoms with Gasteiger partial charge in [-0.3, -0.25) is 9.69 Å². The number of benzene rings is 1. The number of fused-ring (bicyclic) bond motifs is 1. The molecule has 1 aliphatic rings. The van der Waals surface area contributed by atoms with Gasteiger partial charge < -0.3 is 4.74 Å². The molecule has 5 heteroatoms. The first-order valence-corrected chi connectivity index (χ1v) is 6.34. The summed E-state index contributed by atoms with van der Waals surface area (Å²) < 4.78 is 6.23. The molecule has 0 unspecified atom stereocenters. The standard InChI is InChI=1S/C12H12N2O2S/c1-16-8-4-5-9-10(7-8)17-12(13-9)14-6-2-3-11(14)15/h4-5,7H,2-3,6H2,1H3. The maximum atomic E-state index is 11.6. The third-order valence-electron chi connectivity index (χ3n) is 2.89. The topological polar surface area (TPSA) is 42.4 Å². The molecule has 17 heavy (non-hydrogen) atoms. The Morgan fingerprint density at radius 3 is 3.06 bits per heavy atom. The predicted octanol–water partition coefficient (Wildman–Crippen LogP) is 2.43. The lowest BCUT2D eigenvalue weighted by Crippen LogP contribution is -2.23. The number of hydrogen-bond acceptors (Lipinski definition) is 4. The molecular weight excluding hydrogens is 236 g/mol. The van der Waals surface area contributed by atoms with E-state index in [1.165, 1.54) is 0 Å². The lowest BCUT2D eigenvalue weighted by molar-refractivity contribution is -0.117. The van der Waals surface area contributed by atoms with Crippen LogP contribution in [0.15, 0.2) is 18.2 Å². The number of thiazole rings is 1. The Bertz CT molecular complexity index is 579. The van der Waals surface area contributed by atoms with Gasteiger partial charge in [-0.25, -0.2) is 4.98 Å². The van der Waals surface area contributed by atoms with Gasteiger partial charge >= 0.3 is 0 Å². The Balaban J connectivity index is 2.04. The average Bonchev–Trinajstić information content (AvgIpc) is 2.93. The third kappa shape index (κ3) is 1.76. The fourth-order valence-electron chi connectivity index (χ4n) is 1.99. The van der Waals surface area contributed by atoms with E-state index in [0.29, 0.717) is 6.42 Å². The first-order valence-electron chi connectivity index (χ1n) is 5.53. The van der Waals surface area contributed by atoms with Gasteiger partial charge in [0.15, 0.2) is 5.13 Å². The minimum atomic E-state index is 0.177. The summed E-state index contributed by atoms with van der Waals surface area (Å²) in [5.74, 6) is 0.997. The molecule has 1 aliphatic heterocycles. The van der Waals surface area contributed by atoms with E-state index in [2.05, 4.69) is 4.98 Å². The molecule has 1 aromatic carbocycles. The minimum absolute atomic E-state index is 0.177. The van der Waals surface area contributed by atoms with Crippen LogP contribution in [-0.4, -0.2) is 24.5 Å². The molecule has 1 saturated heterocycles. The van der Waals surface area contributed by atoms with E-state index in [9.17, 15) is 4.79 Å². The van der Waals surface area contributed by atoms with Crippen LogP contribution in [-0.2, 0) is 4.79 Å². The number of rotatable bonds is 2. The molecule has 88 valence electrons. The van der Waals surface area contributed by atoms with Crippen molar-refractivity contribution in [2.24, 2.45) is 0 Å². The Morgan fingerprint density at radius 2 is 2.35 bits per heavy atom. The van der Waals surface area contributed by atoms with Crippen LogP contribution in [0.5, 0.6) is 5.75 Å². The van der Waals surface area contributed by atoms with Crippen molar-refractivity contribution in [1.82, 2.24) is 4.98 Å². The van der Waals surface area contributed by atoms with Gasteiger partial charge in [0.1, 0.15) is 5.75 Å². The number of aromatic nitrogens is 1. The van der Waals surface area contributed by atoms with Gasteiger partial charge in [-0.1, -0.05) is 11.3 Å². The molecule has 0 bridgehead atoms. The Hall–Kier alpha value is -1.62. The van der Waals surface area contributed by atoms with Crippen molar-refractivity contribution in [2.75, 3.05) is 18.6 Å². The number of methoxy groups -OCH3 is 1. The number of anilines is 1. The summed E-state index contributed by atoms with van der Waals surface area (Å²) >= 11 is 1.54. The second kappa shape index (κ2) is 4.00. The summed E-state index contributed by atoms with van der Waals surface area (Å²) in [4.78, 5) is 17.9. The van der Waals surface area contributed by atoms with Crippen LogP contribution in [0.25, 0.3) is 10.2 Å².